The van der Waals surface area contributed by atoms with Gasteiger partial charge in [0.05, 0.1) is 5.71 Å². The molecule has 0 saturated carbocycles. The molecule has 24 heavy (non-hydrogen) atoms. The third kappa shape index (κ3) is 3.01. The third-order valence-electron chi connectivity index (χ3n) is 5.22. The lowest BCUT2D eigenvalue weighted by molar-refractivity contribution is 0.130. The van der Waals surface area contributed by atoms with Crippen LogP contribution in [0.3, 0.4) is 0 Å². The molecule has 2 atom stereocenters. The van der Waals surface area contributed by atoms with E-state index >= 15 is 0 Å². The highest BCUT2D eigenvalue weighted by Gasteiger charge is 2.49. The van der Waals surface area contributed by atoms with Crippen molar-refractivity contribution in [3.8, 4) is 0 Å². The molecule has 4 heterocycles. The van der Waals surface area contributed by atoms with Gasteiger partial charge in [-0.2, -0.15) is 5.10 Å². The number of benzene rings is 1. The molecule has 128 valence electrons. The van der Waals surface area contributed by atoms with Gasteiger partial charge in [0, 0.05) is 61.3 Å². The van der Waals surface area contributed by atoms with Crippen molar-refractivity contribution in [1.29, 1.82) is 0 Å². The first-order chi connectivity index (χ1) is 11.5. The summed E-state index contributed by atoms with van der Waals surface area (Å²) in [5, 5.41) is 7.95. The average molecular weight is 348 g/mol. The fourth-order valence-corrected chi connectivity index (χ4v) is 4.45. The van der Waals surface area contributed by atoms with Gasteiger partial charge in [0.2, 0.25) is 0 Å². The standard InChI is InChI=1S/C17H22ClN5O/c1-17-10-22-6-7-23(11-17)9-12(8-22)15(17)20-21-16(24)19-14-4-2-13(18)3-5-14/h2-5,12H,6-11H2,1H3,(H2,19,21,24)/b20-15-. The van der Waals surface area contributed by atoms with Crippen molar-refractivity contribution in [2.45, 2.75) is 6.92 Å². The predicted molar refractivity (Wildman–Crippen MR) is 95.5 cm³/mol. The smallest absolute Gasteiger partial charge is 0.307 e. The van der Waals surface area contributed by atoms with Crippen molar-refractivity contribution in [3.05, 3.63) is 29.3 Å². The molecule has 6 nitrogen and oxygen atoms in total. The Morgan fingerprint density at radius 3 is 2.42 bits per heavy atom. The zero-order chi connectivity index (χ0) is 16.7. The molecule has 2 unspecified atom stereocenters. The van der Waals surface area contributed by atoms with Crippen molar-refractivity contribution in [2.24, 2.45) is 16.4 Å². The minimum Gasteiger partial charge on any atom is -0.307 e. The molecular weight excluding hydrogens is 326 g/mol. The number of hydrogen-bond acceptors (Lipinski definition) is 4. The Morgan fingerprint density at radius 2 is 1.83 bits per heavy atom. The largest absolute Gasteiger partial charge is 0.339 e. The number of carbonyl (C=O) groups is 1. The van der Waals surface area contributed by atoms with Gasteiger partial charge in [0.15, 0.2) is 0 Å². The number of nitrogens with zero attached hydrogens (tertiary/aromatic N) is 3. The highest BCUT2D eigenvalue weighted by atomic mass is 35.5. The first-order valence-electron chi connectivity index (χ1n) is 8.37. The van der Waals surface area contributed by atoms with E-state index in [4.69, 9.17) is 11.6 Å². The maximum atomic E-state index is 12.1. The first kappa shape index (κ1) is 15.9. The van der Waals surface area contributed by atoms with Gasteiger partial charge in [-0.05, 0) is 24.3 Å². The highest BCUT2D eigenvalue weighted by molar-refractivity contribution is 6.30. The van der Waals surface area contributed by atoms with E-state index in [9.17, 15) is 4.79 Å². The number of piperidine rings is 2. The minimum atomic E-state index is -0.319. The number of amides is 2. The first-order valence-corrected chi connectivity index (χ1v) is 8.75. The number of halogens is 1. The van der Waals surface area contributed by atoms with Crippen LogP contribution in [0.2, 0.25) is 5.02 Å². The molecule has 7 heteroatoms. The molecule has 0 aromatic heterocycles. The van der Waals surface area contributed by atoms with Crippen LogP contribution in [0.25, 0.3) is 0 Å². The minimum absolute atomic E-state index is 0.0330. The number of hydrazone groups is 1. The topological polar surface area (TPSA) is 60.0 Å². The van der Waals surface area contributed by atoms with Crippen LogP contribution in [0.15, 0.2) is 29.4 Å². The van der Waals surface area contributed by atoms with Crippen LogP contribution in [-0.2, 0) is 0 Å². The van der Waals surface area contributed by atoms with Crippen LogP contribution in [-0.4, -0.2) is 60.8 Å². The number of urea groups is 1. The van der Waals surface area contributed by atoms with Crippen LogP contribution in [0.5, 0.6) is 0 Å². The summed E-state index contributed by atoms with van der Waals surface area (Å²) in [4.78, 5) is 17.2. The van der Waals surface area contributed by atoms with Crippen molar-refractivity contribution < 1.29 is 4.79 Å². The second kappa shape index (κ2) is 6.02. The summed E-state index contributed by atoms with van der Waals surface area (Å²) in [6.45, 7) is 8.70. The summed E-state index contributed by atoms with van der Waals surface area (Å²) in [5.74, 6) is 0.413. The molecule has 4 aliphatic rings. The second-order valence-electron chi connectivity index (χ2n) is 7.30. The Bertz CT molecular complexity index is 658. The van der Waals surface area contributed by atoms with Gasteiger partial charge < -0.3 is 15.1 Å². The van der Waals surface area contributed by atoms with Crippen LogP contribution in [0.4, 0.5) is 10.5 Å². The van der Waals surface area contributed by atoms with E-state index in [2.05, 4.69) is 32.6 Å². The molecule has 1 aromatic carbocycles. The summed E-state index contributed by atoms with van der Waals surface area (Å²) >= 11 is 5.85. The quantitative estimate of drug-likeness (QED) is 0.805. The summed E-state index contributed by atoms with van der Waals surface area (Å²) in [5.41, 5.74) is 4.56. The Balaban J connectivity index is 1.45. The molecule has 4 saturated heterocycles. The van der Waals surface area contributed by atoms with Gasteiger partial charge in [-0.1, -0.05) is 18.5 Å². The van der Waals surface area contributed by atoms with E-state index in [-0.39, 0.29) is 11.4 Å². The van der Waals surface area contributed by atoms with E-state index in [1.54, 1.807) is 24.3 Å². The number of rotatable bonds is 2. The van der Waals surface area contributed by atoms with E-state index in [0.29, 0.717) is 16.6 Å². The fourth-order valence-electron chi connectivity index (χ4n) is 4.33. The Labute approximate surface area is 146 Å². The molecule has 4 aliphatic heterocycles. The number of anilines is 1. The monoisotopic (exact) mass is 347 g/mol. The lowest BCUT2D eigenvalue weighted by Crippen LogP contribution is -2.60. The maximum absolute atomic E-state index is 12.1. The molecule has 4 fully saturated rings. The predicted octanol–water partition coefficient (Wildman–Crippen LogP) is 2.08. The van der Waals surface area contributed by atoms with Crippen molar-refractivity contribution in [2.75, 3.05) is 44.6 Å². The van der Waals surface area contributed by atoms with Gasteiger partial charge in [-0.25, -0.2) is 10.2 Å². The summed E-state index contributed by atoms with van der Waals surface area (Å²) < 4.78 is 0. The molecular formula is C17H22ClN5O. The molecule has 0 aliphatic carbocycles. The van der Waals surface area contributed by atoms with E-state index < -0.39 is 0 Å². The molecule has 1 aromatic rings. The van der Waals surface area contributed by atoms with Crippen LogP contribution in [0.1, 0.15) is 6.92 Å². The Kier molecular flexibility index (Phi) is 3.98. The zero-order valence-electron chi connectivity index (χ0n) is 13.8. The SMILES string of the molecule is CC12CN3CCN(CC(C3)/C1=N/NC(=O)Nc1ccc(Cl)cc1)C2. The van der Waals surface area contributed by atoms with Crippen molar-refractivity contribution >= 4 is 29.0 Å². The fraction of sp³-hybridized carbons (Fsp3) is 0.529. The van der Waals surface area contributed by atoms with Gasteiger partial charge >= 0.3 is 6.03 Å². The molecule has 2 N–H and O–H groups in total. The lowest BCUT2D eigenvalue weighted by Gasteiger charge is -2.48. The summed E-state index contributed by atoms with van der Waals surface area (Å²) in [6.07, 6.45) is 0. The van der Waals surface area contributed by atoms with Crippen LogP contribution in [0, 0.1) is 11.3 Å². The van der Waals surface area contributed by atoms with Gasteiger partial charge in [-0.3, -0.25) is 0 Å². The second-order valence-corrected chi connectivity index (χ2v) is 7.73. The number of fused-ring (bicyclic) bond motifs is 1. The van der Waals surface area contributed by atoms with Crippen molar-refractivity contribution in [1.82, 2.24) is 15.2 Å². The van der Waals surface area contributed by atoms with Gasteiger partial charge in [0.25, 0.3) is 0 Å². The Hall–Kier alpha value is -1.63. The molecule has 0 radical (unpaired) electrons. The molecule has 4 bridgehead atoms. The lowest BCUT2D eigenvalue weighted by atomic mass is 9.72. The van der Waals surface area contributed by atoms with Gasteiger partial charge in [-0.15, -0.1) is 0 Å². The normalized spacial score (nSPS) is 35.8. The van der Waals surface area contributed by atoms with Crippen LogP contribution < -0.4 is 10.7 Å². The third-order valence-corrected chi connectivity index (χ3v) is 5.47. The average Bonchev–Trinajstić information content (AvgIpc) is 2.76. The molecule has 2 amide bonds. The number of hydrogen-bond donors (Lipinski definition) is 2. The number of nitrogens with one attached hydrogen (secondary N) is 2. The maximum Gasteiger partial charge on any atom is 0.339 e. The van der Waals surface area contributed by atoms with Gasteiger partial charge in [0.1, 0.15) is 0 Å². The summed E-state index contributed by atoms with van der Waals surface area (Å²) in [7, 11) is 0. The van der Waals surface area contributed by atoms with Crippen LogP contribution >= 0.6 is 11.6 Å². The number of carbonyl (C=O) groups excluding carboxylic acids is 1. The zero-order valence-corrected chi connectivity index (χ0v) is 14.5. The molecule has 0 spiro atoms. The van der Waals surface area contributed by atoms with E-state index in [1.165, 1.54) is 0 Å². The molecule has 5 rings (SSSR count). The highest BCUT2D eigenvalue weighted by Crippen LogP contribution is 2.37. The van der Waals surface area contributed by atoms with Crippen molar-refractivity contribution in [3.63, 3.8) is 0 Å². The van der Waals surface area contributed by atoms with E-state index in [1.807, 2.05) is 0 Å². The summed E-state index contributed by atoms with van der Waals surface area (Å²) in [6, 6.07) is 6.71. The Morgan fingerprint density at radius 1 is 1.21 bits per heavy atom. The van der Waals surface area contributed by atoms with E-state index in [0.717, 1.165) is 45.0 Å².